The summed E-state index contributed by atoms with van der Waals surface area (Å²) in [5.41, 5.74) is 1.75. The van der Waals surface area contributed by atoms with E-state index < -0.39 is 11.9 Å². The lowest BCUT2D eigenvalue weighted by Gasteiger charge is -2.39. The molecule has 0 amide bonds. The lowest BCUT2D eigenvalue weighted by molar-refractivity contribution is -0.159. The number of piperazine rings is 1. The predicted octanol–water partition coefficient (Wildman–Crippen LogP) is 3.00. The molecule has 0 radical (unpaired) electrons. The van der Waals surface area contributed by atoms with Gasteiger partial charge in [0, 0.05) is 31.7 Å². The topological polar surface area (TPSA) is 90.3 Å². The van der Waals surface area contributed by atoms with Crippen molar-refractivity contribution in [3.05, 3.63) is 71.3 Å². The van der Waals surface area contributed by atoms with Crippen LogP contribution in [0.5, 0.6) is 0 Å². The molecule has 2 saturated heterocycles. The molecule has 0 saturated carbocycles. The average Bonchev–Trinajstić information content (AvgIpc) is 2.98. The first-order valence-corrected chi connectivity index (χ1v) is 10.8. The maximum atomic E-state index is 13.3. The van der Waals surface area contributed by atoms with Crippen LogP contribution in [0.3, 0.4) is 0 Å². The summed E-state index contributed by atoms with van der Waals surface area (Å²) >= 11 is 0. The first-order valence-electron chi connectivity index (χ1n) is 10.8. The summed E-state index contributed by atoms with van der Waals surface area (Å²) in [6.07, 6.45) is 2.24. The zero-order valence-corrected chi connectivity index (χ0v) is 18.4. The van der Waals surface area contributed by atoms with Crippen LogP contribution >= 0.6 is 0 Å². The van der Waals surface area contributed by atoms with Gasteiger partial charge in [0.05, 0.1) is 6.61 Å². The number of likely N-dealkylation sites (tertiary alicyclic amines) is 1. The minimum atomic E-state index is -1.82. The monoisotopic (exact) mass is 462 g/mol. The minimum Gasteiger partial charge on any atom is -0.473 e. The van der Waals surface area contributed by atoms with E-state index in [1.54, 1.807) is 24.3 Å². The van der Waals surface area contributed by atoms with E-state index in [4.69, 9.17) is 24.5 Å². The van der Waals surface area contributed by atoms with E-state index >= 15 is 0 Å². The number of carboxylic acid groups (broad SMARTS) is 2. The summed E-state index contributed by atoms with van der Waals surface area (Å²) in [5.74, 6) is -4.20. The maximum absolute atomic E-state index is 13.3. The van der Waals surface area contributed by atoms with Gasteiger partial charge in [-0.3, -0.25) is 9.80 Å². The van der Waals surface area contributed by atoms with E-state index in [1.807, 2.05) is 0 Å². The van der Waals surface area contributed by atoms with Crippen LogP contribution in [-0.2, 0) is 14.3 Å². The molecule has 2 aliphatic rings. The summed E-state index contributed by atoms with van der Waals surface area (Å²) in [6.45, 7) is 3.64. The number of hydrogen-bond donors (Lipinski definition) is 2. The first kappa shape index (κ1) is 24.8. The van der Waals surface area contributed by atoms with Gasteiger partial charge in [-0.15, -0.1) is 0 Å². The van der Waals surface area contributed by atoms with Gasteiger partial charge in [0.2, 0.25) is 0 Å². The second kappa shape index (κ2) is 11.3. The summed E-state index contributed by atoms with van der Waals surface area (Å²) in [7, 11) is 2.23. The number of carbonyl (C=O) groups is 2. The Balaban J connectivity index is 0.000000454. The molecule has 2 aliphatic heterocycles. The molecule has 4 rings (SSSR count). The van der Waals surface area contributed by atoms with Crippen molar-refractivity contribution < 1.29 is 33.3 Å². The van der Waals surface area contributed by atoms with Crippen LogP contribution in [0.15, 0.2) is 48.5 Å². The summed E-state index contributed by atoms with van der Waals surface area (Å²) < 4.78 is 32.8. The summed E-state index contributed by atoms with van der Waals surface area (Å²) in [4.78, 5) is 23.2. The fourth-order valence-electron chi connectivity index (χ4n) is 4.34. The van der Waals surface area contributed by atoms with Crippen molar-refractivity contribution in [3.8, 4) is 0 Å². The molecular weight excluding hydrogens is 434 g/mol. The Labute approximate surface area is 191 Å². The number of benzene rings is 2. The average molecular weight is 462 g/mol. The number of rotatable bonds is 6. The van der Waals surface area contributed by atoms with E-state index in [2.05, 4.69) is 16.8 Å². The normalized spacial score (nSPS) is 20.4. The highest BCUT2D eigenvalue weighted by Crippen LogP contribution is 2.29. The molecule has 2 bridgehead atoms. The number of likely N-dealkylation sites (N-methyl/N-ethyl adjacent to an activating group) is 1. The molecule has 7 nitrogen and oxygen atoms in total. The molecule has 0 aromatic heterocycles. The van der Waals surface area contributed by atoms with Gasteiger partial charge in [-0.25, -0.2) is 18.4 Å². The van der Waals surface area contributed by atoms with Gasteiger partial charge in [0.1, 0.15) is 17.7 Å². The van der Waals surface area contributed by atoms with E-state index in [1.165, 1.54) is 37.1 Å². The highest BCUT2D eigenvalue weighted by molar-refractivity contribution is 6.27. The van der Waals surface area contributed by atoms with Crippen molar-refractivity contribution in [2.24, 2.45) is 0 Å². The molecule has 2 fully saturated rings. The summed E-state index contributed by atoms with van der Waals surface area (Å²) in [5, 5.41) is 14.8. The Morgan fingerprint density at radius 1 is 0.909 bits per heavy atom. The Hall–Kier alpha value is -2.88. The lowest BCUT2D eigenvalue weighted by Crippen LogP contribution is -2.52. The van der Waals surface area contributed by atoms with Gasteiger partial charge in [-0.1, -0.05) is 24.3 Å². The van der Waals surface area contributed by atoms with Crippen molar-refractivity contribution in [2.75, 3.05) is 33.3 Å². The van der Waals surface area contributed by atoms with Crippen molar-refractivity contribution >= 4 is 11.9 Å². The largest absolute Gasteiger partial charge is 0.473 e. The molecule has 0 aliphatic carbocycles. The highest BCUT2D eigenvalue weighted by atomic mass is 19.1. The second-order valence-corrected chi connectivity index (χ2v) is 8.27. The van der Waals surface area contributed by atoms with Crippen molar-refractivity contribution in [1.82, 2.24) is 9.80 Å². The minimum absolute atomic E-state index is 0.274. The Morgan fingerprint density at radius 3 is 1.73 bits per heavy atom. The molecule has 2 aromatic rings. The number of ether oxygens (including phenoxy) is 1. The van der Waals surface area contributed by atoms with E-state index in [0.29, 0.717) is 18.7 Å². The Morgan fingerprint density at radius 2 is 1.33 bits per heavy atom. The van der Waals surface area contributed by atoms with E-state index in [0.717, 1.165) is 30.8 Å². The standard InChI is InChI=1S/C22H26F2N2O.C2H2O4/c1-25-20-10-11-21(25)15-26(14-20)12-13-27-22(16-2-6-18(23)7-3-16)17-4-8-19(24)9-5-17;3-1(4)2(5)6/h2-9,20-22H,10-15H2,1H3;(H,3,4)(H,5,6). The number of halogens is 2. The molecule has 2 aromatic carbocycles. The van der Waals surface area contributed by atoms with Crippen LogP contribution in [0, 0.1) is 11.6 Å². The molecule has 2 heterocycles. The molecule has 2 unspecified atom stereocenters. The van der Waals surface area contributed by atoms with Crippen molar-refractivity contribution in [3.63, 3.8) is 0 Å². The van der Waals surface area contributed by atoms with Gasteiger partial charge in [0.25, 0.3) is 0 Å². The molecule has 178 valence electrons. The smallest absolute Gasteiger partial charge is 0.414 e. The molecule has 2 N–H and O–H groups in total. The third kappa shape index (κ3) is 6.80. The van der Waals surface area contributed by atoms with Gasteiger partial charge >= 0.3 is 11.9 Å². The Bertz CT molecular complexity index is 867. The fraction of sp³-hybridized carbons (Fsp3) is 0.417. The molecule has 33 heavy (non-hydrogen) atoms. The lowest BCUT2D eigenvalue weighted by atomic mass is 10.0. The van der Waals surface area contributed by atoms with Crippen LogP contribution in [0.4, 0.5) is 8.78 Å². The van der Waals surface area contributed by atoms with Gasteiger partial charge in [0.15, 0.2) is 0 Å². The first-order chi connectivity index (χ1) is 15.7. The third-order valence-corrected chi connectivity index (χ3v) is 6.14. The van der Waals surface area contributed by atoms with E-state index in [9.17, 15) is 8.78 Å². The number of fused-ring (bicyclic) bond motifs is 2. The quantitative estimate of drug-likeness (QED) is 0.638. The second-order valence-electron chi connectivity index (χ2n) is 8.27. The Kier molecular flexibility index (Phi) is 8.49. The van der Waals surface area contributed by atoms with Crippen LogP contribution in [0.2, 0.25) is 0 Å². The zero-order chi connectivity index (χ0) is 24.0. The van der Waals surface area contributed by atoms with Gasteiger partial charge < -0.3 is 14.9 Å². The number of hydrogen-bond acceptors (Lipinski definition) is 5. The van der Waals surface area contributed by atoms with Crippen LogP contribution < -0.4 is 0 Å². The molecular formula is C24H28F2N2O5. The van der Waals surface area contributed by atoms with Crippen molar-refractivity contribution in [1.29, 1.82) is 0 Å². The maximum Gasteiger partial charge on any atom is 0.414 e. The van der Waals surface area contributed by atoms with Crippen LogP contribution in [-0.4, -0.2) is 77.3 Å². The molecule has 9 heteroatoms. The van der Waals surface area contributed by atoms with E-state index in [-0.39, 0.29) is 17.7 Å². The number of nitrogens with zero attached hydrogens (tertiary/aromatic N) is 2. The molecule has 2 atom stereocenters. The fourth-order valence-corrected chi connectivity index (χ4v) is 4.34. The number of aliphatic carboxylic acids is 2. The zero-order valence-electron chi connectivity index (χ0n) is 18.4. The molecule has 0 spiro atoms. The summed E-state index contributed by atoms with van der Waals surface area (Å²) in [6, 6.07) is 14.0. The van der Waals surface area contributed by atoms with Crippen molar-refractivity contribution in [2.45, 2.75) is 31.0 Å². The SMILES string of the molecule is CN1C2CCC1CN(CCOC(c1ccc(F)cc1)c1ccc(F)cc1)C2.O=C(O)C(=O)O. The number of carboxylic acids is 2. The van der Waals surface area contributed by atoms with Crippen LogP contribution in [0.1, 0.15) is 30.1 Å². The highest BCUT2D eigenvalue weighted by Gasteiger charge is 2.37. The third-order valence-electron chi connectivity index (χ3n) is 6.14. The van der Waals surface area contributed by atoms with Crippen LogP contribution in [0.25, 0.3) is 0 Å². The van der Waals surface area contributed by atoms with Gasteiger partial charge in [-0.05, 0) is 55.3 Å². The predicted molar refractivity (Wildman–Crippen MR) is 117 cm³/mol. The van der Waals surface area contributed by atoms with Gasteiger partial charge in [-0.2, -0.15) is 0 Å².